The number of nitrogens with one attached hydrogen (secondary N) is 1. The van der Waals surface area contributed by atoms with E-state index in [1.807, 2.05) is 23.2 Å². The van der Waals surface area contributed by atoms with Gasteiger partial charge in [-0.05, 0) is 43.7 Å². The summed E-state index contributed by atoms with van der Waals surface area (Å²) in [7, 11) is 0. The Morgan fingerprint density at radius 1 is 1.24 bits per heavy atom. The number of aryl methyl sites for hydroxylation is 1. The van der Waals surface area contributed by atoms with Crippen molar-refractivity contribution in [1.29, 1.82) is 0 Å². The number of piperidine rings is 1. The standard InChI is InChI=1S/C16H23N3O2/c20-15(8-4-6-14-7-5-9-17-12-14)18-13-16(21)19-10-2-1-3-11-19/h5,7,9,12H,1-4,6,8,10-11,13H2,(H,18,20). The number of nitrogens with zero attached hydrogens (tertiary/aromatic N) is 2. The molecule has 1 aromatic heterocycles. The number of pyridine rings is 1. The van der Waals surface area contributed by atoms with Gasteiger partial charge in [-0.15, -0.1) is 0 Å². The molecule has 0 aliphatic carbocycles. The van der Waals surface area contributed by atoms with Gasteiger partial charge in [0.05, 0.1) is 6.54 Å². The summed E-state index contributed by atoms with van der Waals surface area (Å²) in [5, 5.41) is 2.72. The van der Waals surface area contributed by atoms with Gasteiger partial charge < -0.3 is 10.2 Å². The van der Waals surface area contributed by atoms with Crippen molar-refractivity contribution in [1.82, 2.24) is 15.2 Å². The number of rotatable bonds is 6. The molecule has 0 bridgehead atoms. The van der Waals surface area contributed by atoms with E-state index in [4.69, 9.17) is 0 Å². The summed E-state index contributed by atoms with van der Waals surface area (Å²) in [6, 6.07) is 3.90. The maximum Gasteiger partial charge on any atom is 0.241 e. The Bertz CT molecular complexity index is 456. The lowest BCUT2D eigenvalue weighted by Gasteiger charge is -2.26. The number of hydrogen-bond acceptors (Lipinski definition) is 3. The zero-order valence-electron chi connectivity index (χ0n) is 12.4. The van der Waals surface area contributed by atoms with Crippen molar-refractivity contribution in [2.75, 3.05) is 19.6 Å². The van der Waals surface area contributed by atoms with E-state index in [0.29, 0.717) is 6.42 Å². The van der Waals surface area contributed by atoms with Gasteiger partial charge in [0, 0.05) is 31.9 Å². The van der Waals surface area contributed by atoms with Crippen molar-refractivity contribution in [3.8, 4) is 0 Å². The molecule has 0 radical (unpaired) electrons. The lowest BCUT2D eigenvalue weighted by molar-refractivity contribution is -0.133. The predicted molar refractivity (Wildman–Crippen MR) is 80.6 cm³/mol. The molecule has 1 aliphatic heterocycles. The molecule has 1 fully saturated rings. The van der Waals surface area contributed by atoms with E-state index >= 15 is 0 Å². The summed E-state index contributed by atoms with van der Waals surface area (Å²) >= 11 is 0. The third-order valence-corrected chi connectivity index (χ3v) is 3.74. The fourth-order valence-corrected chi connectivity index (χ4v) is 2.52. The Morgan fingerprint density at radius 3 is 2.76 bits per heavy atom. The molecule has 5 heteroatoms. The fourth-order valence-electron chi connectivity index (χ4n) is 2.52. The average molecular weight is 289 g/mol. The van der Waals surface area contributed by atoms with Crippen LogP contribution in [0.2, 0.25) is 0 Å². The normalized spacial score (nSPS) is 14.8. The molecule has 1 aromatic rings. The zero-order chi connectivity index (χ0) is 14.9. The minimum atomic E-state index is -0.0516. The van der Waals surface area contributed by atoms with E-state index in [-0.39, 0.29) is 18.4 Å². The van der Waals surface area contributed by atoms with Gasteiger partial charge in [-0.25, -0.2) is 0 Å². The molecule has 21 heavy (non-hydrogen) atoms. The van der Waals surface area contributed by atoms with Gasteiger partial charge in [-0.2, -0.15) is 0 Å². The molecule has 2 amide bonds. The van der Waals surface area contributed by atoms with Crippen molar-refractivity contribution in [3.05, 3.63) is 30.1 Å². The van der Waals surface area contributed by atoms with Gasteiger partial charge in [0.2, 0.25) is 11.8 Å². The number of carbonyl (C=O) groups is 2. The van der Waals surface area contributed by atoms with E-state index < -0.39 is 0 Å². The van der Waals surface area contributed by atoms with Crippen LogP contribution in [-0.2, 0) is 16.0 Å². The van der Waals surface area contributed by atoms with Crippen molar-refractivity contribution < 1.29 is 9.59 Å². The third kappa shape index (κ3) is 5.53. The van der Waals surface area contributed by atoms with Crippen LogP contribution in [0.3, 0.4) is 0 Å². The molecule has 1 saturated heterocycles. The Morgan fingerprint density at radius 2 is 2.05 bits per heavy atom. The summed E-state index contributed by atoms with van der Waals surface area (Å²) in [6.45, 7) is 1.79. The van der Waals surface area contributed by atoms with Crippen molar-refractivity contribution in [2.24, 2.45) is 0 Å². The van der Waals surface area contributed by atoms with Crippen LogP contribution in [0.25, 0.3) is 0 Å². The fraction of sp³-hybridized carbons (Fsp3) is 0.562. The number of likely N-dealkylation sites (tertiary alicyclic amines) is 1. The first-order chi connectivity index (χ1) is 10.3. The van der Waals surface area contributed by atoms with Crippen molar-refractivity contribution >= 4 is 11.8 Å². The molecular weight excluding hydrogens is 266 g/mol. The molecule has 0 atom stereocenters. The minimum absolute atomic E-state index is 0.0373. The Labute approximate surface area is 125 Å². The van der Waals surface area contributed by atoms with Gasteiger partial charge in [0.25, 0.3) is 0 Å². The second-order valence-corrected chi connectivity index (χ2v) is 5.43. The van der Waals surface area contributed by atoms with E-state index in [1.54, 1.807) is 6.20 Å². The summed E-state index contributed by atoms with van der Waals surface area (Å²) in [6.07, 6.45) is 8.96. The largest absolute Gasteiger partial charge is 0.347 e. The van der Waals surface area contributed by atoms with Crippen LogP contribution in [0, 0.1) is 0 Å². The van der Waals surface area contributed by atoms with Crippen molar-refractivity contribution in [2.45, 2.75) is 38.5 Å². The van der Waals surface area contributed by atoms with E-state index in [0.717, 1.165) is 44.3 Å². The molecule has 0 unspecified atom stereocenters. The Balaban J connectivity index is 1.60. The topological polar surface area (TPSA) is 62.3 Å². The van der Waals surface area contributed by atoms with Gasteiger partial charge in [-0.1, -0.05) is 6.07 Å². The van der Waals surface area contributed by atoms with Gasteiger partial charge in [0.1, 0.15) is 0 Å². The number of amides is 2. The number of hydrogen-bond donors (Lipinski definition) is 1. The van der Waals surface area contributed by atoms with Crippen LogP contribution in [0.15, 0.2) is 24.5 Å². The molecule has 0 spiro atoms. The van der Waals surface area contributed by atoms with E-state index in [1.165, 1.54) is 6.42 Å². The summed E-state index contributed by atoms with van der Waals surface area (Å²) in [5.74, 6) is -0.0143. The first kappa shape index (κ1) is 15.5. The molecule has 1 aliphatic rings. The SMILES string of the molecule is O=C(CCCc1cccnc1)NCC(=O)N1CCCCC1. The molecule has 2 rings (SSSR count). The predicted octanol–water partition coefficient (Wildman–Crippen LogP) is 1.53. The van der Waals surface area contributed by atoms with Crippen LogP contribution in [0.4, 0.5) is 0 Å². The highest BCUT2D eigenvalue weighted by molar-refractivity contribution is 5.84. The van der Waals surface area contributed by atoms with Crippen LogP contribution in [0.5, 0.6) is 0 Å². The second-order valence-electron chi connectivity index (χ2n) is 5.43. The summed E-state index contributed by atoms with van der Waals surface area (Å²) in [4.78, 5) is 29.5. The quantitative estimate of drug-likeness (QED) is 0.864. The molecular formula is C16H23N3O2. The molecule has 114 valence electrons. The van der Waals surface area contributed by atoms with Crippen LogP contribution in [0.1, 0.15) is 37.7 Å². The highest BCUT2D eigenvalue weighted by Gasteiger charge is 2.16. The molecule has 1 N–H and O–H groups in total. The maximum absolute atomic E-state index is 11.9. The van der Waals surface area contributed by atoms with Crippen LogP contribution < -0.4 is 5.32 Å². The maximum atomic E-state index is 11.9. The zero-order valence-corrected chi connectivity index (χ0v) is 12.4. The lowest BCUT2D eigenvalue weighted by atomic mass is 10.1. The second kappa shape index (κ2) is 8.39. The summed E-state index contributed by atoms with van der Waals surface area (Å²) in [5.41, 5.74) is 1.13. The van der Waals surface area contributed by atoms with Crippen LogP contribution in [-0.4, -0.2) is 41.3 Å². The van der Waals surface area contributed by atoms with Gasteiger partial charge >= 0.3 is 0 Å². The summed E-state index contributed by atoms with van der Waals surface area (Å²) < 4.78 is 0. The molecule has 0 aromatic carbocycles. The average Bonchev–Trinajstić information content (AvgIpc) is 2.54. The van der Waals surface area contributed by atoms with E-state index in [2.05, 4.69) is 10.3 Å². The smallest absolute Gasteiger partial charge is 0.241 e. The monoisotopic (exact) mass is 289 g/mol. The lowest BCUT2D eigenvalue weighted by Crippen LogP contribution is -2.42. The third-order valence-electron chi connectivity index (χ3n) is 3.74. The van der Waals surface area contributed by atoms with Crippen molar-refractivity contribution in [3.63, 3.8) is 0 Å². The number of carbonyl (C=O) groups excluding carboxylic acids is 2. The molecule has 5 nitrogen and oxygen atoms in total. The highest BCUT2D eigenvalue weighted by Crippen LogP contribution is 2.08. The highest BCUT2D eigenvalue weighted by atomic mass is 16.2. The van der Waals surface area contributed by atoms with Gasteiger partial charge in [-0.3, -0.25) is 14.6 Å². The minimum Gasteiger partial charge on any atom is -0.347 e. The van der Waals surface area contributed by atoms with Crippen LogP contribution >= 0.6 is 0 Å². The number of aromatic nitrogens is 1. The Kier molecular flexibility index (Phi) is 6.19. The van der Waals surface area contributed by atoms with E-state index in [9.17, 15) is 9.59 Å². The first-order valence-corrected chi connectivity index (χ1v) is 7.69. The Hall–Kier alpha value is -1.91. The first-order valence-electron chi connectivity index (χ1n) is 7.69. The molecule has 2 heterocycles. The molecule has 0 saturated carbocycles. The van der Waals surface area contributed by atoms with Gasteiger partial charge in [0.15, 0.2) is 0 Å².